The molecule has 0 saturated heterocycles. The molecule has 0 fully saturated rings. The third kappa shape index (κ3) is 3.14. The van der Waals surface area contributed by atoms with Crippen LogP contribution < -0.4 is 10.1 Å². The quantitative estimate of drug-likeness (QED) is 0.924. The van der Waals surface area contributed by atoms with Crippen molar-refractivity contribution >= 4 is 28.8 Å². The smallest absolute Gasteiger partial charge is 0.265 e. The van der Waals surface area contributed by atoms with Gasteiger partial charge in [0.2, 0.25) is 0 Å². The van der Waals surface area contributed by atoms with Crippen molar-refractivity contribution in [3.63, 3.8) is 0 Å². The second kappa shape index (κ2) is 5.85. The Labute approximate surface area is 127 Å². The zero-order chi connectivity index (χ0) is 14.8. The predicted octanol–water partition coefficient (Wildman–Crippen LogP) is 4.08. The van der Waals surface area contributed by atoms with Crippen LogP contribution in [0.25, 0.3) is 0 Å². The molecule has 0 aliphatic carbocycles. The van der Waals surface area contributed by atoms with Gasteiger partial charge in [0.05, 0.1) is 12.6 Å². The van der Waals surface area contributed by atoms with Crippen molar-refractivity contribution in [2.24, 2.45) is 0 Å². The summed E-state index contributed by atoms with van der Waals surface area (Å²) in [6.45, 7) is 3.88. The van der Waals surface area contributed by atoms with Crippen LogP contribution in [0.5, 0.6) is 5.75 Å². The fraction of sp³-hybridized carbons (Fsp3) is 0.267. The summed E-state index contributed by atoms with van der Waals surface area (Å²) in [5.41, 5.74) is 0.436. The summed E-state index contributed by atoms with van der Waals surface area (Å²) in [7, 11) is 1.56. The summed E-state index contributed by atoms with van der Waals surface area (Å²) < 4.78 is 5.17. The number of hydrogen-bond acceptors (Lipinski definition) is 3. The number of benzene rings is 1. The molecule has 1 aromatic carbocycles. The van der Waals surface area contributed by atoms with Gasteiger partial charge in [0.25, 0.3) is 5.91 Å². The molecule has 1 aromatic heterocycles. The number of halogens is 1. The minimum absolute atomic E-state index is 0.151. The molecule has 0 saturated carbocycles. The summed E-state index contributed by atoms with van der Waals surface area (Å²) >= 11 is 7.36. The number of thiophene rings is 1. The molecule has 5 heteroatoms. The van der Waals surface area contributed by atoms with E-state index in [0.717, 1.165) is 5.56 Å². The first-order valence-electron chi connectivity index (χ1n) is 6.14. The maximum absolute atomic E-state index is 12.3. The molecule has 0 radical (unpaired) electrons. The van der Waals surface area contributed by atoms with E-state index < -0.39 is 5.54 Å². The average molecular weight is 310 g/mol. The zero-order valence-corrected chi connectivity index (χ0v) is 13.1. The SMILES string of the molecule is COc1ccsc1C(=O)NC(C)(C)c1cccc(Cl)c1. The van der Waals surface area contributed by atoms with Crippen molar-refractivity contribution in [3.8, 4) is 5.75 Å². The Bertz CT molecular complexity index is 622. The highest BCUT2D eigenvalue weighted by atomic mass is 35.5. The first-order chi connectivity index (χ1) is 9.44. The summed E-state index contributed by atoms with van der Waals surface area (Å²) in [4.78, 5) is 12.9. The maximum atomic E-state index is 12.3. The van der Waals surface area contributed by atoms with E-state index in [1.54, 1.807) is 13.2 Å². The van der Waals surface area contributed by atoms with Crippen molar-refractivity contribution in [1.29, 1.82) is 0 Å². The third-order valence-corrected chi connectivity index (χ3v) is 4.16. The molecule has 0 aliphatic heterocycles. The summed E-state index contributed by atoms with van der Waals surface area (Å²) in [6.07, 6.45) is 0. The van der Waals surface area contributed by atoms with Crippen molar-refractivity contribution in [2.45, 2.75) is 19.4 Å². The van der Waals surface area contributed by atoms with Gasteiger partial charge in [0.15, 0.2) is 0 Å². The second-order valence-electron chi connectivity index (χ2n) is 4.91. The van der Waals surface area contributed by atoms with Crippen LogP contribution in [0.4, 0.5) is 0 Å². The molecule has 0 spiro atoms. The fourth-order valence-corrected chi connectivity index (χ4v) is 2.86. The lowest BCUT2D eigenvalue weighted by Crippen LogP contribution is -2.40. The van der Waals surface area contributed by atoms with Crippen LogP contribution in [-0.2, 0) is 5.54 Å². The average Bonchev–Trinajstić information content (AvgIpc) is 2.86. The van der Waals surface area contributed by atoms with Crippen molar-refractivity contribution in [1.82, 2.24) is 5.32 Å². The molecule has 0 atom stereocenters. The van der Waals surface area contributed by atoms with Gasteiger partial charge in [-0.25, -0.2) is 0 Å². The first kappa shape index (κ1) is 14.9. The molecule has 20 heavy (non-hydrogen) atoms. The summed E-state index contributed by atoms with van der Waals surface area (Å²) in [6, 6.07) is 9.26. The fourth-order valence-electron chi connectivity index (χ4n) is 1.91. The van der Waals surface area contributed by atoms with E-state index >= 15 is 0 Å². The standard InChI is InChI=1S/C15H16ClNO2S/c1-15(2,10-5-4-6-11(16)9-10)17-14(18)13-12(19-3)7-8-20-13/h4-9H,1-3H3,(H,17,18). The van der Waals surface area contributed by atoms with Gasteiger partial charge in [0, 0.05) is 5.02 Å². The number of methoxy groups -OCH3 is 1. The van der Waals surface area contributed by atoms with Crippen molar-refractivity contribution in [3.05, 3.63) is 51.2 Å². The largest absolute Gasteiger partial charge is 0.495 e. The van der Waals surface area contributed by atoms with Gasteiger partial charge in [-0.2, -0.15) is 0 Å². The van der Waals surface area contributed by atoms with Crippen LogP contribution in [0.15, 0.2) is 35.7 Å². The number of carbonyl (C=O) groups is 1. The second-order valence-corrected chi connectivity index (χ2v) is 6.26. The lowest BCUT2D eigenvalue weighted by molar-refractivity contribution is 0.0913. The van der Waals surface area contributed by atoms with Gasteiger partial charge >= 0.3 is 0 Å². The minimum Gasteiger partial charge on any atom is -0.495 e. The molecule has 2 rings (SSSR count). The normalized spacial score (nSPS) is 11.2. The number of amides is 1. The van der Waals surface area contributed by atoms with E-state index in [4.69, 9.17) is 16.3 Å². The summed E-state index contributed by atoms with van der Waals surface area (Å²) in [5, 5.41) is 5.49. The van der Waals surface area contributed by atoms with Crippen molar-refractivity contribution in [2.75, 3.05) is 7.11 Å². The maximum Gasteiger partial charge on any atom is 0.265 e. The Kier molecular flexibility index (Phi) is 4.35. The highest BCUT2D eigenvalue weighted by molar-refractivity contribution is 7.12. The molecular formula is C15H16ClNO2S. The van der Waals surface area contributed by atoms with Gasteiger partial charge in [0.1, 0.15) is 10.6 Å². The molecule has 106 valence electrons. The minimum atomic E-state index is -0.517. The molecule has 3 nitrogen and oxygen atoms in total. The van der Waals surface area contributed by atoms with Gasteiger partial charge < -0.3 is 10.1 Å². The third-order valence-electron chi connectivity index (χ3n) is 3.03. The summed E-state index contributed by atoms with van der Waals surface area (Å²) in [5.74, 6) is 0.441. The number of ether oxygens (including phenoxy) is 1. The Hall–Kier alpha value is -1.52. The molecule has 1 N–H and O–H groups in total. The van der Waals surface area contributed by atoms with Gasteiger partial charge in [-0.3, -0.25) is 4.79 Å². The lowest BCUT2D eigenvalue weighted by Gasteiger charge is -2.27. The van der Waals surface area contributed by atoms with E-state index in [0.29, 0.717) is 15.6 Å². The van der Waals surface area contributed by atoms with E-state index in [1.807, 2.05) is 43.5 Å². The number of nitrogens with one attached hydrogen (secondary N) is 1. The van der Waals surface area contributed by atoms with Gasteiger partial charge in [-0.1, -0.05) is 23.7 Å². The van der Waals surface area contributed by atoms with Crippen LogP contribution >= 0.6 is 22.9 Å². The van der Waals surface area contributed by atoms with E-state index in [1.165, 1.54) is 11.3 Å². The molecular weight excluding hydrogens is 294 g/mol. The number of hydrogen-bond donors (Lipinski definition) is 1. The van der Waals surface area contributed by atoms with Crippen molar-refractivity contribution < 1.29 is 9.53 Å². The lowest BCUT2D eigenvalue weighted by atomic mass is 9.94. The van der Waals surface area contributed by atoms with Gasteiger partial charge in [-0.05, 0) is 43.0 Å². The zero-order valence-electron chi connectivity index (χ0n) is 11.6. The monoisotopic (exact) mass is 309 g/mol. The van der Waals surface area contributed by atoms with E-state index in [2.05, 4.69) is 5.32 Å². The Morgan fingerprint density at radius 1 is 1.35 bits per heavy atom. The Morgan fingerprint density at radius 3 is 2.75 bits per heavy atom. The first-order valence-corrected chi connectivity index (χ1v) is 7.40. The van der Waals surface area contributed by atoms with E-state index in [9.17, 15) is 4.79 Å². The van der Waals surface area contributed by atoms with Crippen LogP contribution in [0.2, 0.25) is 5.02 Å². The molecule has 1 amide bonds. The van der Waals surface area contributed by atoms with Gasteiger partial charge in [-0.15, -0.1) is 11.3 Å². The molecule has 0 bridgehead atoms. The Balaban J connectivity index is 2.22. The van der Waals surface area contributed by atoms with E-state index in [-0.39, 0.29) is 5.91 Å². The van der Waals surface area contributed by atoms with Crippen LogP contribution in [-0.4, -0.2) is 13.0 Å². The predicted molar refractivity (Wildman–Crippen MR) is 82.8 cm³/mol. The number of rotatable bonds is 4. The van der Waals surface area contributed by atoms with Crippen LogP contribution in [0.3, 0.4) is 0 Å². The highest BCUT2D eigenvalue weighted by Gasteiger charge is 2.25. The molecule has 0 unspecified atom stereocenters. The van der Waals surface area contributed by atoms with Crippen LogP contribution in [0.1, 0.15) is 29.1 Å². The highest BCUT2D eigenvalue weighted by Crippen LogP contribution is 2.27. The number of carbonyl (C=O) groups excluding carboxylic acids is 1. The topological polar surface area (TPSA) is 38.3 Å². The molecule has 0 aliphatic rings. The Morgan fingerprint density at radius 2 is 2.10 bits per heavy atom. The van der Waals surface area contributed by atoms with Crippen LogP contribution in [0, 0.1) is 0 Å². The molecule has 1 heterocycles. The molecule has 2 aromatic rings.